The van der Waals surface area contributed by atoms with Crippen LogP contribution in [0.5, 0.6) is 0 Å². The third-order valence-electron chi connectivity index (χ3n) is 2.41. The monoisotopic (exact) mass is 239 g/mol. The van der Waals surface area contributed by atoms with Crippen molar-refractivity contribution in [3.63, 3.8) is 0 Å². The van der Waals surface area contributed by atoms with Crippen LogP contribution >= 0.6 is 11.8 Å². The van der Waals surface area contributed by atoms with Gasteiger partial charge in [-0.2, -0.15) is 0 Å². The summed E-state index contributed by atoms with van der Waals surface area (Å²) >= 11 is 1.74. The Morgan fingerprint density at radius 2 is 2.56 bits per heavy atom. The second kappa shape index (κ2) is 6.06. The van der Waals surface area contributed by atoms with Gasteiger partial charge in [0.15, 0.2) is 0 Å². The molecule has 0 aromatic carbocycles. The van der Waals surface area contributed by atoms with E-state index in [4.69, 9.17) is 4.74 Å². The van der Waals surface area contributed by atoms with E-state index >= 15 is 0 Å². The van der Waals surface area contributed by atoms with Gasteiger partial charge in [0.1, 0.15) is 5.03 Å². The third kappa shape index (κ3) is 3.35. The molecule has 0 spiro atoms. The van der Waals surface area contributed by atoms with E-state index in [0.717, 1.165) is 23.9 Å². The van der Waals surface area contributed by atoms with Crippen LogP contribution in [0.3, 0.4) is 0 Å². The van der Waals surface area contributed by atoms with Crippen LogP contribution in [0.4, 0.5) is 5.95 Å². The molecule has 2 rings (SSSR count). The lowest BCUT2D eigenvalue weighted by molar-refractivity contribution is 0.129. The lowest BCUT2D eigenvalue weighted by Crippen LogP contribution is -2.08. The average molecular weight is 239 g/mol. The Morgan fingerprint density at radius 3 is 3.31 bits per heavy atom. The fourth-order valence-electron chi connectivity index (χ4n) is 1.62. The Balaban J connectivity index is 1.85. The summed E-state index contributed by atoms with van der Waals surface area (Å²) in [6.45, 7) is 3.80. The zero-order valence-electron chi connectivity index (χ0n) is 9.48. The molecule has 4 nitrogen and oxygen atoms in total. The Morgan fingerprint density at radius 1 is 1.62 bits per heavy atom. The Hall–Kier alpha value is -0.810. The number of rotatable bonds is 5. The SMILES string of the molecule is CCNc1nccc(SCC2CCCO2)n1. The molecule has 0 aliphatic carbocycles. The van der Waals surface area contributed by atoms with E-state index < -0.39 is 0 Å². The van der Waals surface area contributed by atoms with Crippen molar-refractivity contribution < 1.29 is 4.74 Å². The predicted molar refractivity (Wildman–Crippen MR) is 65.9 cm³/mol. The second-order valence-corrected chi connectivity index (χ2v) is 4.74. The van der Waals surface area contributed by atoms with Gasteiger partial charge in [-0.05, 0) is 25.8 Å². The summed E-state index contributed by atoms with van der Waals surface area (Å²) < 4.78 is 5.57. The van der Waals surface area contributed by atoms with Crippen molar-refractivity contribution in [2.45, 2.75) is 30.9 Å². The third-order valence-corrected chi connectivity index (χ3v) is 3.47. The van der Waals surface area contributed by atoms with Gasteiger partial charge in [-0.1, -0.05) is 0 Å². The number of anilines is 1. The van der Waals surface area contributed by atoms with Crippen LogP contribution in [0.1, 0.15) is 19.8 Å². The standard InChI is InChI=1S/C11H17N3OS/c1-2-12-11-13-6-5-10(14-11)16-8-9-4-3-7-15-9/h5-6,9H,2-4,7-8H2,1H3,(H,12,13,14). The molecule has 0 amide bonds. The summed E-state index contributed by atoms with van der Waals surface area (Å²) in [5.41, 5.74) is 0. The number of thioether (sulfide) groups is 1. The highest BCUT2D eigenvalue weighted by Crippen LogP contribution is 2.22. The van der Waals surface area contributed by atoms with Crippen molar-refractivity contribution in [3.8, 4) is 0 Å². The van der Waals surface area contributed by atoms with Gasteiger partial charge in [-0.25, -0.2) is 9.97 Å². The second-order valence-electron chi connectivity index (χ2n) is 3.69. The fourth-order valence-corrected chi connectivity index (χ4v) is 2.55. The van der Waals surface area contributed by atoms with Gasteiger partial charge < -0.3 is 10.1 Å². The average Bonchev–Trinajstić information content (AvgIpc) is 2.80. The minimum atomic E-state index is 0.405. The molecule has 0 bridgehead atoms. The summed E-state index contributed by atoms with van der Waals surface area (Å²) in [5, 5.41) is 4.12. The fraction of sp³-hybridized carbons (Fsp3) is 0.636. The van der Waals surface area contributed by atoms with E-state index in [-0.39, 0.29) is 0 Å². The summed E-state index contributed by atoms with van der Waals surface area (Å²) in [7, 11) is 0. The molecule has 16 heavy (non-hydrogen) atoms. The molecule has 1 aliphatic heterocycles. The van der Waals surface area contributed by atoms with Crippen LogP contribution in [0.2, 0.25) is 0 Å². The van der Waals surface area contributed by atoms with E-state index in [0.29, 0.717) is 12.1 Å². The molecule has 2 heterocycles. The molecule has 1 fully saturated rings. The Labute approximate surface area is 100 Å². The lowest BCUT2D eigenvalue weighted by Gasteiger charge is -2.08. The zero-order valence-corrected chi connectivity index (χ0v) is 10.3. The van der Waals surface area contributed by atoms with Crippen molar-refractivity contribution in [2.75, 3.05) is 24.2 Å². The normalized spacial score (nSPS) is 19.9. The number of aromatic nitrogens is 2. The highest BCUT2D eigenvalue weighted by atomic mass is 32.2. The van der Waals surface area contributed by atoms with Crippen LogP contribution in [-0.2, 0) is 4.74 Å². The smallest absolute Gasteiger partial charge is 0.223 e. The number of nitrogens with one attached hydrogen (secondary N) is 1. The summed E-state index contributed by atoms with van der Waals surface area (Å²) in [4.78, 5) is 8.55. The molecule has 1 aliphatic rings. The van der Waals surface area contributed by atoms with Gasteiger partial charge in [-0.15, -0.1) is 11.8 Å². The first-order valence-corrected chi connectivity index (χ1v) is 6.68. The number of ether oxygens (including phenoxy) is 1. The minimum Gasteiger partial charge on any atom is -0.377 e. The van der Waals surface area contributed by atoms with Gasteiger partial charge in [0, 0.05) is 25.1 Å². The summed E-state index contributed by atoms with van der Waals surface area (Å²) in [6, 6.07) is 1.94. The Kier molecular flexibility index (Phi) is 4.42. The first kappa shape index (κ1) is 11.7. The topological polar surface area (TPSA) is 47.0 Å². The van der Waals surface area contributed by atoms with Crippen molar-refractivity contribution in [1.29, 1.82) is 0 Å². The molecular weight excluding hydrogens is 222 g/mol. The molecule has 1 unspecified atom stereocenters. The van der Waals surface area contributed by atoms with Gasteiger partial charge in [0.2, 0.25) is 5.95 Å². The predicted octanol–water partition coefficient (Wildman–Crippen LogP) is 2.18. The van der Waals surface area contributed by atoms with Crippen LogP contribution in [-0.4, -0.2) is 35.0 Å². The minimum absolute atomic E-state index is 0.405. The van der Waals surface area contributed by atoms with Gasteiger partial charge in [0.05, 0.1) is 6.10 Å². The van der Waals surface area contributed by atoms with Crippen molar-refractivity contribution in [3.05, 3.63) is 12.3 Å². The molecule has 1 saturated heterocycles. The highest BCUT2D eigenvalue weighted by Gasteiger charge is 2.15. The molecule has 0 saturated carbocycles. The number of hydrogen-bond acceptors (Lipinski definition) is 5. The molecule has 5 heteroatoms. The molecule has 88 valence electrons. The Bertz CT molecular complexity index is 329. The van der Waals surface area contributed by atoms with E-state index in [2.05, 4.69) is 15.3 Å². The van der Waals surface area contributed by atoms with E-state index in [1.54, 1.807) is 18.0 Å². The van der Waals surface area contributed by atoms with Gasteiger partial charge in [-0.3, -0.25) is 0 Å². The van der Waals surface area contributed by atoms with Crippen LogP contribution in [0.15, 0.2) is 17.3 Å². The molecule has 1 atom stereocenters. The van der Waals surface area contributed by atoms with Crippen molar-refractivity contribution >= 4 is 17.7 Å². The maximum absolute atomic E-state index is 5.57. The maximum atomic E-state index is 5.57. The largest absolute Gasteiger partial charge is 0.377 e. The van der Waals surface area contributed by atoms with Crippen molar-refractivity contribution in [2.24, 2.45) is 0 Å². The van der Waals surface area contributed by atoms with Gasteiger partial charge in [0.25, 0.3) is 0 Å². The number of hydrogen-bond donors (Lipinski definition) is 1. The van der Waals surface area contributed by atoms with Crippen LogP contribution in [0, 0.1) is 0 Å². The molecule has 0 radical (unpaired) electrons. The molecular formula is C11H17N3OS. The molecule has 1 aromatic heterocycles. The van der Waals surface area contributed by atoms with E-state index in [1.807, 2.05) is 13.0 Å². The van der Waals surface area contributed by atoms with Crippen LogP contribution in [0.25, 0.3) is 0 Å². The number of nitrogens with zero attached hydrogens (tertiary/aromatic N) is 2. The first-order chi connectivity index (χ1) is 7.88. The zero-order chi connectivity index (χ0) is 11.2. The summed E-state index contributed by atoms with van der Waals surface area (Å²) in [5.74, 6) is 1.70. The lowest BCUT2D eigenvalue weighted by atomic mass is 10.3. The molecule has 1 aromatic rings. The van der Waals surface area contributed by atoms with Gasteiger partial charge >= 0.3 is 0 Å². The quantitative estimate of drug-likeness (QED) is 0.630. The molecule has 1 N–H and O–H groups in total. The summed E-state index contributed by atoms with van der Waals surface area (Å²) in [6.07, 6.45) is 4.57. The van der Waals surface area contributed by atoms with E-state index in [9.17, 15) is 0 Å². The van der Waals surface area contributed by atoms with E-state index in [1.165, 1.54) is 12.8 Å². The highest BCUT2D eigenvalue weighted by molar-refractivity contribution is 7.99. The maximum Gasteiger partial charge on any atom is 0.223 e. The van der Waals surface area contributed by atoms with Crippen molar-refractivity contribution in [1.82, 2.24) is 9.97 Å². The van der Waals surface area contributed by atoms with Crippen LogP contribution < -0.4 is 5.32 Å². The first-order valence-electron chi connectivity index (χ1n) is 5.70.